The lowest BCUT2D eigenvalue weighted by Gasteiger charge is -2.26. The maximum atomic E-state index is 12.7. The average Bonchev–Trinajstić information content (AvgIpc) is 2.27. The fourth-order valence-electron chi connectivity index (χ4n) is 1.18. The van der Waals surface area contributed by atoms with Crippen molar-refractivity contribution in [3.8, 4) is 0 Å². The van der Waals surface area contributed by atoms with Crippen LogP contribution in [0.2, 0.25) is 0 Å². The summed E-state index contributed by atoms with van der Waals surface area (Å²) in [5.74, 6) is 0. The molecule has 0 amide bonds. The van der Waals surface area contributed by atoms with Gasteiger partial charge in [-0.3, -0.25) is 0 Å². The van der Waals surface area contributed by atoms with Crippen LogP contribution in [0.5, 0.6) is 0 Å². The van der Waals surface area contributed by atoms with Gasteiger partial charge in [0, 0.05) is 12.1 Å². The van der Waals surface area contributed by atoms with E-state index in [1.807, 2.05) is 44.2 Å². The van der Waals surface area contributed by atoms with Gasteiger partial charge < -0.3 is 5.32 Å². The van der Waals surface area contributed by atoms with Gasteiger partial charge in [-0.15, -0.1) is 0 Å². The highest BCUT2D eigenvalue weighted by Gasteiger charge is 2.20. The zero-order chi connectivity index (χ0) is 10.4. The Morgan fingerprint density at radius 2 is 1.93 bits per heavy atom. The number of hydrogen-bond acceptors (Lipinski definition) is 1. The van der Waals surface area contributed by atoms with Crippen molar-refractivity contribution in [1.82, 2.24) is 5.32 Å². The summed E-state index contributed by atoms with van der Waals surface area (Å²) in [6, 6.07) is 10.1. The topological polar surface area (TPSA) is 12.0 Å². The predicted octanol–water partition coefficient (Wildman–Crippen LogP) is 2.91. The Kier molecular flexibility index (Phi) is 4.08. The van der Waals surface area contributed by atoms with Crippen LogP contribution in [0.25, 0.3) is 0 Å². The second-order valence-corrected chi connectivity index (χ2v) is 3.89. The van der Waals surface area contributed by atoms with Gasteiger partial charge in [0.05, 0.1) is 0 Å². The van der Waals surface area contributed by atoms with Gasteiger partial charge in [-0.05, 0) is 18.9 Å². The molecule has 1 nitrogen and oxygen atoms in total. The lowest BCUT2D eigenvalue weighted by atomic mass is 10.0. The predicted molar refractivity (Wildman–Crippen MR) is 58.0 cm³/mol. The number of hydrogen-bond donors (Lipinski definition) is 1. The van der Waals surface area contributed by atoms with Crippen LogP contribution in [0.3, 0.4) is 0 Å². The third kappa shape index (κ3) is 3.11. The molecule has 0 heterocycles. The molecule has 0 saturated carbocycles. The molecule has 1 aromatic carbocycles. The van der Waals surface area contributed by atoms with Crippen LogP contribution < -0.4 is 5.32 Å². The van der Waals surface area contributed by atoms with Crippen molar-refractivity contribution in [2.75, 3.05) is 6.67 Å². The van der Waals surface area contributed by atoms with Gasteiger partial charge in [0.25, 0.3) is 0 Å². The van der Waals surface area contributed by atoms with Crippen molar-refractivity contribution in [1.29, 1.82) is 0 Å². The second kappa shape index (κ2) is 5.11. The van der Waals surface area contributed by atoms with Crippen molar-refractivity contribution in [2.45, 2.75) is 32.4 Å². The van der Waals surface area contributed by atoms with Gasteiger partial charge in [-0.2, -0.15) is 0 Å². The molecule has 0 saturated heterocycles. The van der Waals surface area contributed by atoms with Gasteiger partial charge in [0.15, 0.2) is 0 Å². The number of benzene rings is 1. The van der Waals surface area contributed by atoms with Crippen LogP contribution in [0.15, 0.2) is 30.3 Å². The van der Waals surface area contributed by atoms with Gasteiger partial charge in [-0.25, -0.2) is 4.39 Å². The van der Waals surface area contributed by atoms with E-state index in [4.69, 9.17) is 0 Å². The summed E-state index contributed by atoms with van der Waals surface area (Å²) in [7, 11) is 0. The van der Waals surface area contributed by atoms with Crippen molar-refractivity contribution < 1.29 is 4.39 Å². The van der Waals surface area contributed by atoms with Crippen molar-refractivity contribution >= 4 is 0 Å². The van der Waals surface area contributed by atoms with Crippen molar-refractivity contribution in [3.05, 3.63) is 35.9 Å². The molecular formula is C12H18FN. The van der Waals surface area contributed by atoms with E-state index in [9.17, 15) is 4.39 Å². The quantitative estimate of drug-likeness (QED) is 0.761. The van der Waals surface area contributed by atoms with Gasteiger partial charge in [0.2, 0.25) is 0 Å². The lowest BCUT2D eigenvalue weighted by Crippen LogP contribution is -2.43. The van der Waals surface area contributed by atoms with E-state index >= 15 is 0 Å². The minimum atomic E-state index is -0.379. The second-order valence-electron chi connectivity index (χ2n) is 3.89. The molecule has 0 aromatic heterocycles. The summed E-state index contributed by atoms with van der Waals surface area (Å²) >= 11 is 0. The molecule has 1 aromatic rings. The maximum Gasteiger partial charge on any atom is 0.107 e. The molecule has 1 atom stereocenters. The molecule has 14 heavy (non-hydrogen) atoms. The minimum Gasteiger partial charge on any atom is -0.305 e. The van der Waals surface area contributed by atoms with E-state index in [0.29, 0.717) is 0 Å². The first kappa shape index (κ1) is 11.2. The largest absolute Gasteiger partial charge is 0.305 e. The summed E-state index contributed by atoms with van der Waals surface area (Å²) in [5, 5.41) is 3.24. The molecule has 0 radical (unpaired) electrons. The van der Waals surface area contributed by atoms with Gasteiger partial charge in [-0.1, -0.05) is 37.3 Å². The van der Waals surface area contributed by atoms with E-state index in [1.165, 1.54) is 5.56 Å². The Morgan fingerprint density at radius 1 is 1.29 bits per heavy atom. The third-order valence-corrected chi connectivity index (χ3v) is 2.64. The van der Waals surface area contributed by atoms with E-state index < -0.39 is 0 Å². The number of nitrogens with one attached hydrogen (secondary N) is 1. The van der Waals surface area contributed by atoms with Gasteiger partial charge >= 0.3 is 0 Å². The Balaban J connectivity index is 2.48. The van der Waals surface area contributed by atoms with E-state index in [-0.39, 0.29) is 12.2 Å². The van der Waals surface area contributed by atoms with Crippen LogP contribution in [0.1, 0.15) is 25.8 Å². The molecule has 0 unspecified atom stereocenters. The van der Waals surface area contributed by atoms with Crippen molar-refractivity contribution in [2.24, 2.45) is 0 Å². The fraction of sp³-hybridized carbons (Fsp3) is 0.500. The molecule has 0 bridgehead atoms. The summed E-state index contributed by atoms with van der Waals surface area (Å²) in [6.45, 7) is 4.32. The van der Waals surface area contributed by atoms with E-state index in [1.54, 1.807) is 0 Å². The molecule has 78 valence electrons. The highest BCUT2D eigenvalue weighted by Crippen LogP contribution is 2.11. The van der Waals surface area contributed by atoms with Crippen LogP contribution in [-0.4, -0.2) is 12.2 Å². The molecule has 0 fully saturated rings. The highest BCUT2D eigenvalue weighted by molar-refractivity contribution is 5.14. The molecule has 1 N–H and O–H groups in total. The minimum absolute atomic E-state index is 0.323. The fourth-order valence-corrected chi connectivity index (χ4v) is 1.18. The summed E-state index contributed by atoms with van der Waals surface area (Å²) in [4.78, 5) is 0. The molecule has 2 heteroatoms. The molecular weight excluding hydrogens is 177 g/mol. The first-order valence-corrected chi connectivity index (χ1v) is 5.05. The molecule has 0 aliphatic carbocycles. The maximum absolute atomic E-state index is 12.7. The normalized spacial score (nSPS) is 15.1. The number of rotatable bonds is 5. The molecule has 1 rings (SSSR count). The number of alkyl halides is 1. The van der Waals surface area contributed by atoms with E-state index in [2.05, 4.69) is 5.32 Å². The third-order valence-electron chi connectivity index (χ3n) is 2.64. The monoisotopic (exact) mass is 195 g/mol. The Morgan fingerprint density at radius 3 is 2.43 bits per heavy atom. The average molecular weight is 195 g/mol. The zero-order valence-corrected chi connectivity index (χ0v) is 8.89. The lowest BCUT2D eigenvalue weighted by molar-refractivity contribution is 0.256. The molecule has 0 aliphatic rings. The van der Waals surface area contributed by atoms with Gasteiger partial charge in [0.1, 0.15) is 6.67 Å². The van der Waals surface area contributed by atoms with Crippen LogP contribution >= 0.6 is 0 Å². The standard InChI is InChI=1S/C12H18FN/c1-3-12(2,10-13)14-9-11-7-5-4-6-8-11/h4-8,14H,3,9-10H2,1-2H3/t12-/m0/s1. The smallest absolute Gasteiger partial charge is 0.107 e. The Labute approximate surface area is 85.3 Å². The summed E-state index contributed by atoms with van der Waals surface area (Å²) in [5.41, 5.74) is 0.816. The Bertz CT molecular complexity index is 254. The number of halogens is 1. The van der Waals surface area contributed by atoms with Crippen LogP contribution in [0, 0.1) is 0 Å². The molecule has 0 aliphatic heterocycles. The van der Waals surface area contributed by atoms with Crippen molar-refractivity contribution in [3.63, 3.8) is 0 Å². The highest BCUT2D eigenvalue weighted by atomic mass is 19.1. The SMILES string of the molecule is CC[C@@](C)(CF)NCc1ccccc1. The van der Waals surface area contributed by atoms with Crippen LogP contribution in [-0.2, 0) is 6.54 Å². The first-order chi connectivity index (χ1) is 6.70. The summed E-state index contributed by atoms with van der Waals surface area (Å²) in [6.07, 6.45) is 0.802. The Hall–Kier alpha value is -0.890. The summed E-state index contributed by atoms with van der Waals surface area (Å²) < 4.78 is 12.7. The van der Waals surface area contributed by atoms with Crippen LogP contribution in [0.4, 0.5) is 4.39 Å². The molecule has 0 spiro atoms. The zero-order valence-electron chi connectivity index (χ0n) is 8.89. The van der Waals surface area contributed by atoms with E-state index in [0.717, 1.165) is 13.0 Å². The first-order valence-electron chi connectivity index (χ1n) is 5.05.